The lowest BCUT2D eigenvalue weighted by Gasteiger charge is -2.26. The fraction of sp³-hybridized carbons (Fsp3) is 0.222. The molecule has 5 heteroatoms. The summed E-state index contributed by atoms with van der Waals surface area (Å²) >= 11 is 6.29. The van der Waals surface area contributed by atoms with E-state index < -0.39 is 0 Å². The number of benzene rings is 1. The number of amidine groups is 1. The lowest BCUT2D eigenvalue weighted by Crippen LogP contribution is -2.40. The van der Waals surface area contributed by atoms with Crippen LogP contribution < -0.4 is 0 Å². The average Bonchev–Trinajstić information content (AvgIpc) is 2.57. The number of allylic oxidation sites excluding steroid dienone is 3. The van der Waals surface area contributed by atoms with Crippen molar-refractivity contribution < 1.29 is 9.53 Å². The molecule has 1 heterocycles. The first-order valence-electron chi connectivity index (χ1n) is 7.19. The summed E-state index contributed by atoms with van der Waals surface area (Å²) < 4.78 is 5.19. The minimum Gasteiger partial charge on any atom is -0.495 e. The quantitative estimate of drug-likeness (QED) is 0.472. The molecule has 0 fully saturated rings. The number of halogens is 1. The van der Waals surface area contributed by atoms with Crippen LogP contribution in [0, 0.1) is 0 Å². The van der Waals surface area contributed by atoms with Crippen LogP contribution >= 0.6 is 11.6 Å². The molecule has 0 aliphatic carbocycles. The van der Waals surface area contributed by atoms with Crippen LogP contribution in [0.3, 0.4) is 0 Å². The fourth-order valence-corrected chi connectivity index (χ4v) is 2.55. The molecule has 1 aromatic rings. The highest BCUT2D eigenvalue weighted by molar-refractivity contribution is 6.34. The molecule has 0 atom stereocenters. The Balaban J connectivity index is 2.28. The smallest absolute Gasteiger partial charge is 0.258 e. The monoisotopic (exact) mass is 330 g/mol. The fourth-order valence-electron chi connectivity index (χ4n) is 2.27. The van der Waals surface area contributed by atoms with Gasteiger partial charge in [-0.25, -0.2) is 0 Å². The number of aliphatic imine (C=N–C) groups is 1. The minimum atomic E-state index is -0.164. The van der Waals surface area contributed by atoms with E-state index in [0.29, 0.717) is 17.8 Å². The summed E-state index contributed by atoms with van der Waals surface area (Å²) in [5, 5.41) is 0.270. The predicted octanol–water partition coefficient (Wildman–Crippen LogP) is 3.31. The molecule has 0 radical (unpaired) electrons. The molecule has 0 saturated heterocycles. The summed E-state index contributed by atoms with van der Waals surface area (Å²) in [4.78, 5) is 18.6. The normalized spacial score (nSPS) is 17.7. The summed E-state index contributed by atoms with van der Waals surface area (Å²) in [6, 6.07) is 9.91. The number of amides is 1. The third kappa shape index (κ3) is 3.90. The van der Waals surface area contributed by atoms with Crippen LogP contribution in [0.15, 0.2) is 70.4 Å². The van der Waals surface area contributed by atoms with Crippen molar-refractivity contribution in [2.75, 3.05) is 20.7 Å². The van der Waals surface area contributed by atoms with Gasteiger partial charge in [0.15, 0.2) is 0 Å². The zero-order valence-electron chi connectivity index (χ0n) is 13.3. The lowest BCUT2D eigenvalue weighted by atomic mass is 10.1. The van der Waals surface area contributed by atoms with Gasteiger partial charge in [-0.15, -0.1) is 0 Å². The summed E-state index contributed by atoms with van der Waals surface area (Å²) in [5.74, 6) is 0.962. The van der Waals surface area contributed by atoms with Gasteiger partial charge in [0.2, 0.25) is 0 Å². The van der Waals surface area contributed by atoms with Crippen LogP contribution in [0.4, 0.5) is 0 Å². The molecule has 0 unspecified atom stereocenters. The summed E-state index contributed by atoms with van der Waals surface area (Å²) in [6.45, 7) is 3.85. The summed E-state index contributed by atoms with van der Waals surface area (Å²) in [7, 11) is 3.20. The van der Waals surface area contributed by atoms with Gasteiger partial charge in [0.1, 0.15) is 11.6 Å². The number of rotatable bonds is 5. The molecule has 0 aromatic heterocycles. The lowest BCUT2D eigenvalue weighted by molar-refractivity contribution is -0.123. The molecule has 1 amide bonds. The Bertz CT molecular complexity index is 690. The van der Waals surface area contributed by atoms with Crippen molar-refractivity contribution in [1.29, 1.82) is 0 Å². The SMILES string of the molecule is C=C/C=C(OC)\C(Cl)=C1/CN=C(Cc2ccccc2)N(C)C1=O. The van der Waals surface area contributed by atoms with E-state index in [1.165, 1.54) is 12.0 Å². The van der Waals surface area contributed by atoms with Gasteiger partial charge in [-0.1, -0.05) is 54.6 Å². The maximum absolute atomic E-state index is 12.6. The second-order valence-electron chi connectivity index (χ2n) is 5.02. The van der Waals surface area contributed by atoms with E-state index in [0.717, 1.165) is 11.4 Å². The molecule has 0 saturated carbocycles. The van der Waals surface area contributed by atoms with E-state index in [-0.39, 0.29) is 17.5 Å². The van der Waals surface area contributed by atoms with Gasteiger partial charge in [-0.05, 0) is 11.6 Å². The highest BCUT2D eigenvalue weighted by atomic mass is 35.5. The van der Waals surface area contributed by atoms with Crippen LogP contribution in [0.5, 0.6) is 0 Å². The van der Waals surface area contributed by atoms with Crippen LogP contribution in [0.2, 0.25) is 0 Å². The molecule has 2 rings (SSSR count). The highest BCUT2D eigenvalue weighted by Crippen LogP contribution is 2.24. The first-order valence-corrected chi connectivity index (χ1v) is 7.57. The maximum atomic E-state index is 12.6. The number of hydrogen-bond donors (Lipinski definition) is 0. The molecule has 0 bridgehead atoms. The number of likely N-dealkylation sites (N-methyl/N-ethyl adjacent to an activating group) is 1. The minimum absolute atomic E-state index is 0.164. The number of carbonyl (C=O) groups is 1. The Morgan fingerprint density at radius 1 is 1.43 bits per heavy atom. The van der Waals surface area contributed by atoms with E-state index in [2.05, 4.69) is 11.6 Å². The van der Waals surface area contributed by atoms with E-state index in [9.17, 15) is 4.79 Å². The van der Waals surface area contributed by atoms with Gasteiger partial charge >= 0.3 is 0 Å². The van der Waals surface area contributed by atoms with Gasteiger partial charge in [0.05, 0.1) is 24.3 Å². The summed E-state index contributed by atoms with van der Waals surface area (Å²) in [6.07, 6.45) is 3.78. The Kier molecular flexibility index (Phi) is 5.77. The molecular formula is C18H19ClN2O2. The molecule has 1 aliphatic heterocycles. The molecule has 23 heavy (non-hydrogen) atoms. The second kappa shape index (κ2) is 7.79. The van der Waals surface area contributed by atoms with Crippen molar-refractivity contribution in [1.82, 2.24) is 4.90 Å². The van der Waals surface area contributed by atoms with Crippen LogP contribution in [0.25, 0.3) is 0 Å². The number of hydrogen-bond acceptors (Lipinski definition) is 3. The number of nitrogens with zero attached hydrogens (tertiary/aromatic N) is 2. The molecule has 0 spiro atoms. The Labute approximate surface area is 141 Å². The number of ether oxygens (including phenoxy) is 1. The first kappa shape index (κ1) is 17.0. The van der Waals surface area contributed by atoms with Crippen molar-refractivity contribution in [2.45, 2.75) is 6.42 Å². The molecule has 120 valence electrons. The highest BCUT2D eigenvalue weighted by Gasteiger charge is 2.27. The topological polar surface area (TPSA) is 41.9 Å². The molecule has 1 aliphatic rings. The second-order valence-corrected chi connectivity index (χ2v) is 5.40. The number of methoxy groups -OCH3 is 1. The molecular weight excluding hydrogens is 312 g/mol. The zero-order valence-corrected chi connectivity index (χ0v) is 14.0. The van der Waals surface area contributed by atoms with Crippen molar-refractivity contribution in [3.05, 3.63) is 71.0 Å². The zero-order chi connectivity index (χ0) is 16.8. The molecule has 0 N–H and O–H groups in total. The number of carbonyl (C=O) groups excluding carboxylic acids is 1. The average molecular weight is 331 g/mol. The largest absolute Gasteiger partial charge is 0.495 e. The van der Waals surface area contributed by atoms with Gasteiger partial charge < -0.3 is 4.74 Å². The van der Waals surface area contributed by atoms with E-state index in [1.54, 1.807) is 19.2 Å². The predicted molar refractivity (Wildman–Crippen MR) is 93.4 cm³/mol. The van der Waals surface area contributed by atoms with Crippen molar-refractivity contribution in [3.63, 3.8) is 0 Å². The standard InChI is InChI=1S/C18H19ClN2O2/c1-4-8-15(23-3)17(19)14-12-20-16(21(2)18(14)22)11-13-9-6-5-7-10-13/h4-10H,1,11-12H2,2-3H3/b15-8+,17-14-. The van der Waals surface area contributed by atoms with Crippen molar-refractivity contribution in [3.8, 4) is 0 Å². The van der Waals surface area contributed by atoms with Crippen LogP contribution in [-0.2, 0) is 16.0 Å². The van der Waals surface area contributed by atoms with E-state index >= 15 is 0 Å². The van der Waals surface area contributed by atoms with Gasteiger partial charge in [-0.3, -0.25) is 14.7 Å². The Hall–Kier alpha value is -2.33. The van der Waals surface area contributed by atoms with Crippen LogP contribution in [0.1, 0.15) is 5.56 Å². The first-order chi connectivity index (χ1) is 11.1. The Morgan fingerprint density at radius 3 is 2.74 bits per heavy atom. The van der Waals surface area contributed by atoms with Gasteiger partial charge in [0.25, 0.3) is 5.91 Å². The van der Waals surface area contributed by atoms with Gasteiger partial charge in [-0.2, -0.15) is 0 Å². The summed E-state index contributed by atoms with van der Waals surface area (Å²) in [5.41, 5.74) is 1.52. The van der Waals surface area contributed by atoms with E-state index in [4.69, 9.17) is 16.3 Å². The maximum Gasteiger partial charge on any atom is 0.258 e. The Morgan fingerprint density at radius 2 is 2.13 bits per heavy atom. The third-order valence-electron chi connectivity index (χ3n) is 3.55. The van der Waals surface area contributed by atoms with Crippen molar-refractivity contribution in [2.24, 2.45) is 4.99 Å². The van der Waals surface area contributed by atoms with E-state index in [1.807, 2.05) is 30.3 Å². The van der Waals surface area contributed by atoms with Gasteiger partial charge in [0, 0.05) is 13.5 Å². The molecule has 1 aromatic carbocycles. The van der Waals surface area contributed by atoms with Crippen molar-refractivity contribution >= 4 is 23.3 Å². The molecule has 4 nitrogen and oxygen atoms in total. The van der Waals surface area contributed by atoms with Crippen LogP contribution in [-0.4, -0.2) is 37.3 Å². The third-order valence-corrected chi connectivity index (χ3v) is 3.96.